The van der Waals surface area contributed by atoms with Gasteiger partial charge < -0.3 is 21.1 Å². The predicted octanol–water partition coefficient (Wildman–Crippen LogP) is 2.64. The van der Waals surface area contributed by atoms with Gasteiger partial charge in [-0.15, -0.1) is 0 Å². The van der Waals surface area contributed by atoms with Crippen molar-refractivity contribution >= 4 is 29.0 Å². The number of anilines is 4. The van der Waals surface area contributed by atoms with Gasteiger partial charge in [0.1, 0.15) is 5.82 Å². The minimum absolute atomic E-state index is 0.0176. The summed E-state index contributed by atoms with van der Waals surface area (Å²) < 4.78 is 0. The Morgan fingerprint density at radius 3 is 2.41 bits per heavy atom. The van der Waals surface area contributed by atoms with E-state index < -0.39 is 0 Å². The fourth-order valence-electron chi connectivity index (χ4n) is 2.42. The number of aliphatic hydroxyl groups excluding tert-OH is 1. The van der Waals surface area contributed by atoms with Crippen LogP contribution in [-0.4, -0.2) is 39.1 Å². The molecule has 0 bridgehead atoms. The molecular weight excluding hydrogens is 344 g/mol. The zero-order chi connectivity index (χ0) is 19.1. The van der Waals surface area contributed by atoms with Crippen molar-refractivity contribution in [3.63, 3.8) is 0 Å². The Labute approximate surface area is 156 Å². The minimum Gasteiger partial charge on any atom is -0.395 e. The number of hydrogen-bond donors (Lipinski definition) is 4. The average molecular weight is 364 g/mol. The number of pyridine rings is 1. The quantitative estimate of drug-likeness (QED) is 0.510. The summed E-state index contributed by atoms with van der Waals surface area (Å²) in [5.41, 5.74) is 3.17. The molecule has 3 aromatic rings. The first kappa shape index (κ1) is 18.3. The molecule has 138 valence electrons. The molecular formula is C19H20N6O2. The van der Waals surface area contributed by atoms with Gasteiger partial charge in [-0.1, -0.05) is 0 Å². The third-order valence-corrected chi connectivity index (χ3v) is 3.57. The van der Waals surface area contributed by atoms with Crippen LogP contribution >= 0.6 is 0 Å². The van der Waals surface area contributed by atoms with E-state index in [-0.39, 0.29) is 12.5 Å². The highest BCUT2D eigenvalue weighted by Gasteiger charge is 2.07. The zero-order valence-electron chi connectivity index (χ0n) is 14.8. The molecule has 0 aliphatic heterocycles. The second-order valence-electron chi connectivity index (χ2n) is 5.73. The van der Waals surface area contributed by atoms with Crippen LogP contribution in [0.25, 0.3) is 11.3 Å². The van der Waals surface area contributed by atoms with E-state index in [4.69, 9.17) is 5.11 Å². The smallest absolute Gasteiger partial charge is 0.225 e. The van der Waals surface area contributed by atoms with Gasteiger partial charge in [0.15, 0.2) is 0 Å². The van der Waals surface area contributed by atoms with E-state index in [1.165, 1.54) is 6.92 Å². The molecule has 2 heterocycles. The number of nitrogens with zero attached hydrogens (tertiary/aromatic N) is 3. The first-order valence-corrected chi connectivity index (χ1v) is 8.43. The number of rotatable bonds is 7. The highest BCUT2D eigenvalue weighted by atomic mass is 16.3. The highest BCUT2D eigenvalue weighted by Crippen LogP contribution is 2.24. The normalized spacial score (nSPS) is 10.3. The Hall–Kier alpha value is -3.52. The van der Waals surface area contributed by atoms with E-state index in [1.54, 1.807) is 24.5 Å². The number of carbonyl (C=O) groups is 1. The molecule has 4 N–H and O–H groups in total. The van der Waals surface area contributed by atoms with Crippen LogP contribution in [0.2, 0.25) is 0 Å². The SMILES string of the molecule is CC(=O)Nc1ccc(Nc2cc(-c3ccncc3)nc(NCCO)n2)cc1. The third-order valence-electron chi connectivity index (χ3n) is 3.57. The van der Waals surface area contributed by atoms with Crippen molar-refractivity contribution < 1.29 is 9.90 Å². The number of carbonyl (C=O) groups excluding carboxylic acids is 1. The molecule has 8 heteroatoms. The maximum absolute atomic E-state index is 11.1. The second kappa shape index (κ2) is 8.72. The molecule has 2 aromatic heterocycles. The largest absolute Gasteiger partial charge is 0.395 e. The summed E-state index contributed by atoms with van der Waals surface area (Å²) in [6, 6.07) is 12.9. The van der Waals surface area contributed by atoms with E-state index in [9.17, 15) is 4.79 Å². The summed E-state index contributed by atoms with van der Waals surface area (Å²) in [5, 5.41) is 18.0. The van der Waals surface area contributed by atoms with Crippen molar-refractivity contribution in [3.05, 3.63) is 54.9 Å². The standard InChI is InChI=1S/C19H20N6O2/c1-13(27)22-15-2-4-16(5-3-15)23-18-12-17(14-6-8-20-9-7-14)24-19(25-18)21-10-11-26/h2-9,12,26H,10-11H2,1H3,(H,22,27)(H2,21,23,24,25). The molecule has 0 unspecified atom stereocenters. The second-order valence-corrected chi connectivity index (χ2v) is 5.73. The van der Waals surface area contributed by atoms with E-state index in [0.717, 1.165) is 22.6 Å². The Bertz CT molecular complexity index is 900. The van der Waals surface area contributed by atoms with Gasteiger partial charge in [0.05, 0.1) is 12.3 Å². The van der Waals surface area contributed by atoms with Gasteiger partial charge in [-0.05, 0) is 36.4 Å². The molecule has 0 atom stereocenters. The summed E-state index contributed by atoms with van der Waals surface area (Å²) in [5.74, 6) is 0.897. The Morgan fingerprint density at radius 1 is 1.04 bits per heavy atom. The molecule has 1 amide bonds. The lowest BCUT2D eigenvalue weighted by Crippen LogP contribution is -2.10. The van der Waals surface area contributed by atoms with Crippen molar-refractivity contribution in [2.75, 3.05) is 29.1 Å². The molecule has 8 nitrogen and oxygen atoms in total. The van der Waals surface area contributed by atoms with E-state index >= 15 is 0 Å². The molecule has 0 saturated heterocycles. The van der Waals surface area contributed by atoms with Crippen LogP contribution < -0.4 is 16.0 Å². The van der Waals surface area contributed by atoms with Crippen LogP contribution in [0.3, 0.4) is 0 Å². The maximum atomic E-state index is 11.1. The predicted molar refractivity (Wildman–Crippen MR) is 105 cm³/mol. The molecule has 1 aromatic carbocycles. The number of nitrogens with one attached hydrogen (secondary N) is 3. The van der Waals surface area contributed by atoms with Crippen LogP contribution in [0, 0.1) is 0 Å². The third kappa shape index (κ3) is 5.23. The molecule has 0 saturated carbocycles. The number of amides is 1. The summed E-state index contributed by atoms with van der Waals surface area (Å²) in [6.45, 7) is 1.80. The van der Waals surface area contributed by atoms with Gasteiger partial charge in [-0.25, -0.2) is 4.98 Å². The average Bonchev–Trinajstić information content (AvgIpc) is 2.68. The summed E-state index contributed by atoms with van der Waals surface area (Å²) in [4.78, 5) is 24.1. The number of aromatic nitrogens is 3. The fraction of sp³-hybridized carbons (Fsp3) is 0.158. The molecule has 0 radical (unpaired) electrons. The monoisotopic (exact) mass is 364 g/mol. The van der Waals surface area contributed by atoms with E-state index in [0.29, 0.717) is 18.3 Å². The fourth-order valence-corrected chi connectivity index (χ4v) is 2.42. The molecule has 0 spiro atoms. The number of aliphatic hydroxyl groups is 1. The summed E-state index contributed by atoms with van der Waals surface area (Å²) in [6.07, 6.45) is 3.40. The topological polar surface area (TPSA) is 112 Å². The Balaban J connectivity index is 1.86. The van der Waals surface area contributed by atoms with Gasteiger partial charge >= 0.3 is 0 Å². The van der Waals surface area contributed by atoms with E-state index in [2.05, 4.69) is 30.9 Å². The van der Waals surface area contributed by atoms with Gasteiger partial charge in [-0.2, -0.15) is 4.98 Å². The van der Waals surface area contributed by atoms with Gasteiger partial charge in [-0.3, -0.25) is 9.78 Å². The molecule has 27 heavy (non-hydrogen) atoms. The minimum atomic E-state index is -0.117. The Morgan fingerprint density at radius 2 is 1.74 bits per heavy atom. The van der Waals surface area contributed by atoms with Crippen molar-refractivity contribution in [2.45, 2.75) is 6.92 Å². The van der Waals surface area contributed by atoms with Crippen molar-refractivity contribution in [1.82, 2.24) is 15.0 Å². The lowest BCUT2D eigenvalue weighted by molar-refractivity contribution is -0.114. The van der Waals surface area contributed by atoms with Crippen molar-refractivity contribution in [1.29, 1.82) is 0 Å². The highest BCUT2D eigenvalue weighted by molar-refractivity contribution is 5.88. The summed E-state index contributed by atoms with van der Waals surface area (Å²) >= 11 is 0. The lowest BCUT2D eigenvalue weighted by atomic mass is 10.2. The van der Waals surface area contributed by atoms with E-state index in [1.807, 2.05) is 30.3 Å². The van der Waals surface area contributed by atoms with Crippen molar-refractivity contribution in [2.24, 2.45) is 0 Å². The van der Waals surface area contributed by atoms with Gasteiger partial charge in [0.25, 0.3) is 0 Å². The van der Waals surface area contributed by atoms with Crippen LogP contribution in [0.15, 0.2) is 54.9 Å². The Kier molecular flexibility index (Phi) is 5.91. The van der Waals surface area contributed by atoms with Crippen LogP contribution in [0.5, 0.6) is 0 Å². The van der Waals surface area contributed by atoms with Crippen molar-refractivity contribution in [3.8, 4) is 11.3 Å². The molecule has 3 rings (SSSR count). The summed E-state index contributed by atoms with van der Waals surface area (Å²) in [7, 11) is 0. The van der Waals surface area contributed by atoms with Gasteiger partial charge in [0, 0.05) is 48.9 Å². The molecule has 0 aliphatic rings. The zero-order valence-corrected chi connectivity index (χ0v) is 14.8. The maximum Gasteiger partial charge on any atom is 0.225 e. The number of benzene rings is 1. The van der Waals surface area contributed by atoms with Gasteiger partial charge in [0.2, 0.25) is 11.9 Å². The first-order valence-electron chi connectivity index (χ1n) is 8.43. The van der Waals surface area contributed by atoms with Crippen LogP contribution in [-0.2, 0) is 4.79 Å². The lowest BCUT2D eigenvalue weighted by Gasteiger charge is -2.11. The number of hydrogen-bond acceptors (Lipinski definition) is 7. The first-order chi connectivity index (χ1) is 13.1. The van der Waals surface area contributed by atoms with Crippen LogP contribution in [0.1, 0.15) is 6.92 Å². The van der Waals surface area contributed by atoms with Crippen LogP contribution in [0.4, 0.5) is 23.1 Å². The molecule has 0 aliphatic carbocycles. The molecule has 0 fully saturated rings.